The Hall–Kier alpha value is -2.26. The van der Waals surface area contributed by atoms with Crippen LogP contribution in [0.2, 0.25) is 0 Å². The molecule has 0 spiro atoms. The number of rotatable bonds is 6. The van der Waals surface area contributed by atoms with Gasteiger partial charge in [0.05, 0.1) is 17.6 Å². The van der Waals surface area contributed by atoms with Crippen LogP contribution in [-0.2, 0) is 34.7 Å². The van der Waals surface area contributed by atoms with Gasteiger partial charge in [-0.05, 0) is 12.0 Å². The molecule has 2 heterocycles. The first kappa shape index (κ1) is 18.5. The van der Waals surface area contributed by atoms with Gasteiger partial charge in [0.15, 0.2) is 15.6 Å². The van der Waals surface area contributed by atoms with Crippen molar-refractivity contribution in [3.8, 4) is 0 Å². The fourth-order valence-electron chi connectivity index (χ4n) is 3.65. The fraction of sp³-hybridized carbons (Fsp3) is 0.471. The maximum absolute atomic E-state index is 12.6. The quantitative estimate of drug-likeness (QED) is 0.658. The van der Waals surface area contributed by atoms with Crippen LogP contribution in [0.1, 0.15) is 18.4 Å². The Balaban J connectivity index is 1.70. The second-order valence-electron chi connectivity index (χ2n) is 6.52. The molecular weight excluding hydrogens is 360 g/mol. The summed E-state index contributed by atoms with van der Waals surface area (Å²) in [6.45, 7) is -0.138. The number of carbonyl (C=O) groups excluding carboxylic acids is 3. The highest BCUT2D eigenvalue weighted by molar-refractivity contribution is 7.90. The first-order valence-electron chi connectivity index (χ1n) is 8.27. The van der Waals surface area contributed by atoms with Crippen molar-refractivity contribution in [2.45, 2.75) is 30.2 Å². The number of Topliss-reactive ketones (excluding diaryl/α,β-unsaturated/α-hetero) is 1. The summed E-state index contributed by atoms with van der Waals surface area (Å²) >= 11 is 0. The summed E-state index contributed by atoms with van der Waals surface area (Å²) in [7, 11) is -3.51. The van der Waals surface area contributed by atoms with Crippen molar-refractivity contribution in [1.82, 2.24) is 4.90 Å². The van der Waals surface area contributed by atoms with E-state index >= 15 is 0 Å². The topological polar surface area (TPSA) is 124 Å². The van der Waals surface area contributed by atoms with Crippen molar-refractivity contribution in [2.75, 3.05) is 18.9 Å². The maximum atomic E-state index is 12.6. The van der Waals surface area contributed by atoms with Crippen molar-refractivity contribution >= 4 is 27.4 Å². The number of sulfone groups is 1. The third-order valence-corrected chi connectivity index (χ3v) is 6.48. The summed E-state index contributed by atoms with van der Waals surface area (Å²) in [6, 6.07) is 8.65. The minimum atomic E-state index is -3.51. The third kappa shape index (κ3) is 3.12. The van der Waals surface area contributed by atoms with Crippen molar-refractivity contribution in [1.29, 1.82) is 0 Å². The van der Waals surface area contributed by atoms with Crippen molar-refractivity contribution in [2.24, 2.45) is 5.73 Å². The molecule has 2 saturated heterocycles. The second kappa shape index (κ2) is 6.81. The molecule has 2 fully saturated rings. The van der Waals surface area contributed by atoms with Crippen molar-refractivity contribution in [3.63, 3.8) is 0 Å². The molecule has 3 rings (SSSR count). The first-order valence-corrected chi connectivity index (χ1v) is 10.1. The molecular formula is C17H20N2O6S. The van der Waals surface area contributed by atoms with Crippen molar-refractivity contribution in [3.05, 3.63) is 35.9 Å². The Kier molecular flexibility index (Phi) is 4.85. The lowest BCUT2D eigenvalue weighted by Crippen LogP contribution is -2.63. The molecule has 2 aliphatic rings. The van der Waals surface area contributed by atoms with Crippen LogP contribution in [0, 0.1) is 0 Å². The van der Waals surface area contributed by atoms with Crippen LogP contribution in [0.15, 0.2) is 30.3 Å². The lowest BCUT2D eigenvalue weighted by atomic mass is 9.89. The molecule has 0 aliphatic carbocycles. The van der Waals surface area contributed by atoms with Gasteiger partial charge in [0, 0.05) is 13.0 Å². The van der Waals surface area contributed by atoms with E-state index in [2.05, 4.69) is 0 Å². The van der Waals surface area contributed by atoms with Crippen LogP contribution in [0.5, 0.6) is 0 Å². The molecule has 9 heteroatoms. The molecule has 2 N–H and O–H groups in total. The van der Waals surface area contributed by atoms with Gasteiger partial charge in [0.25, 0.3) is 5.91 Å². The number of likely N-dealkylation sites (tertiary alicyclic amines) is 1. The Morgan fingerprint density at radius 1 is 1.27 bits per heavy atom. The van der Waals surface area contributed by atoms with Gasteiger partial charge in [-0.1, -0.05) is 30.3 Å². The average molecular weight is 380 g/mol. The Morgan fingerprint density at radius 2 is 1.96 bits per heavy atom. The van der Waals surface area contributed by atoms with Gasteiger partial charge in [-0.25, -0.2) is 8.42 Å². The monoisotopic (exact) mass is 380 g/mol. The largest absolute Gasteiger partial charge is 0.367 e. The number of ketones is 1. The number of amides is 2. The average Bonchev–Trinajstić information content (AvgIpc) is 3.12. The third-order valence-electron chi connectivity index (χ3n) is 4.88. The summed E-state index contributed by atoms with van der Waals surface area (Å²) in [6.07, 6.45) is -0.751. The van der Waals surface area contributed by atoms with Gasteiger partial charge in [0.1, 0.15) is 6.61 Å². The highest BCUT2D eigenvalue weighted by Gasteiger charge is 2.64. The smallest absolute Gasteiger partial charge is 0.254 e. The Bertz CT molecular complexity index is 838. The Labute approximate surface area is 151 Å². The van der Waals surface area contributed by atoms with E-state index in [1.54, 1.807) is 30.3 Å². The molecule has 1 aromatic rings. The molecule has 140 valence electrons. The first-order chi connectivity index (χ1) is 12.3. The number of benzene rings is 1. The summed E-state index contributed by atoms with van der Waals surface area (Å²) in [5.74, 6) is -2.60. The number of carbonyl (C=O) groups is 3. The molecule has 0 saturated carbocycles. The molecule has 2 aliphatic heterocycles. The van der Waals surface area contributed by atoms with Crippen molar-refractivity contribution < 1.29 is 27.5 Å². The van der Waals surface area contributed by atoms with E-state index in [1.807, 2.05) is 0 Å². The van der Waals surface area contributed by atoms with E-state index in [4.69, 9.17) is 10.5 Å². The number of ether oxygens (including phenoxy) is 1. The lowest BCUT2D eigenvalue weighted by molar-refractivity contribution is -0.149. The molecule has 8 nitrogen and oxygen atoms in total. The fourth-order valence-corrected chi connectivity index (χ4v) is 4.98. The van der Waals surface area contributed by atoms with E-state index in [0.29, 0.717) is 12.0 Å². The molecule has 1 aromatic carbocycles. The lowest BCUT2D eigenvalue weighted by Gasteiger charge is -2.32. The number of hydrogen-bond acceptors (Lipinski definition) is 6. The summed E-state index contributed by atoms with van der Waals surface area (Å²) in [5.41, 5.74) is 4.27. The molecule has 2 amide bonds. The van der Waals surface area contributed by atoms with Gasteiger partial charge in [-0.2, -0.15) is 0 Å². The zero-order chi connectivity index (χ0) is 18.9. The van der Waals surface area contributed by atoms with E-state index < -0.39 is 39.1 Å². The van der Waals surface area contributed by atoms with Crippen LogP contribution in [0.3, 0.4) is 0 Å². The number of primary amides is 1. The normalized spacial score (nSPS) is 25.3. The zero-order valence-electron chi connectivity index (χ0n) is 14.1. The maximum Gasteiger partial charge on any atom is 0.254 e. The SMILES string of the molecule is NC(=O)C12C(=O)COC1CCN2C(=O)CCS(=O)(=O)Cc1ccccc1. The zero-order valence-corrected chi connectivity index (χ0v) is 14.9. The predicted octanol–water partition coefficient (Wildman–Crippen LogP) is -0.584. The highest BCUT2D eigenvalue weighted by atomic mass is 32.2. The van der Waals surface area contributed by atoms with E-state index in [0.717, 1.165) is 4.90 Å². The van der Waals surface area contributed by atoms with E-state index in [9.17, 15) is 22.8 Å². The van der Waals surface area contributed by atoms with E-state index in [1.165, 1.54) is 0 Å². The molecule has 2 atom stereocenters. The molecule has 0 radical (unpaired) electrons. The van der Waals surface area contributed by atoms with Crippen LogP contribution < -0.4 is 5.73 Å². The van der Waals surface area contributed by atoms with Gasteiger partial charge in [0.2, 0.25) is 11.4 Å². The summed E-state index contributed by atoms with van der Waals surface area (Å²) < 4.78 is 29.8. The van der Waals surface area contributed by atoms with Gasteiger partial charge in [-0.3, -0.25) is 14.4 Å². The van der Waals surface area contributed by atoms with Gasteiger partial charge in [-0.15, -0.1) is 0 Å². The Morgan fingerprint density at radius 3 is 2.62 bits per heavy atom. The highest BCUT2D eigenvalue weighted by Crippen LogP contribution is 2.37. The molecule has 26 heavy (non-hydrogen) atoms. The minimum absolute atomic E-state index is 0.136. The van der Waals surface area contributed by atoms with Crippen LogP contribution in [0.25, 0.3) is 0 Å². The van der Waals surface area contributed by atoms with Crippen LogP contribution in [0.4, 0.5) is 0 Å². The number of hydrogen-bond donors (Lipinski definition) is 1. The number of fused-ring (bicyclic) bond motifs is 1. The standard InChI is InChI=1S/C17H20N2O6S/c18-16(22)17-13(20)10-25-14(17)6-8-19(17)15(21)7-9-26(23,24)11-12-4-2-1-3-5-12/h1-5,14H,6-11H2,(H2,18,22). The summed E-state index contributed by atoms with van der Waals surface area (Å²) in [4.78, 5) is 37.9. The molecule has 0 aromatic heterocycles. The molecule has 0 bridgehead atoms. The molecule has 2 unspecified atom stereocenters. The second-order valence-corrected chi connectivity index (χ2v) is 8.70. The van der Waals surface area contributed by atoms with Gasteiger partial charge >= 0.3 is 0 Å². The van der Waals surface area contributed by atoms with Gasteiger partial charge < -0.3 is 15.4 Å². The summed E-state index contributed by atoms with van der Waals surface area (Å²) in [5, 5.41) is 0. The van der Waals surface area contributed by atoms with Crippen LogP contribution in [-0.4, -0.2) is 61.5 Å². The number of nitrogens with two attached hydrogens (primary N) is 1. The predicted molar refractivity (Wildman–Crippen MR) is 91.6 cm³/mol. The number of nitrogens with zero attached hydrogens (tertiary/aromatic N) is 1. The minimum Gasteiger partial charge on any atom is -0.367 e. The van der Waals surface area contributed by atoms with Crippen LogP contribution >= 0.6 is 0 Å². The van der Waals surface area contributed by atoms with E-state index in [-0.39, 0.29) is 31.1 Å².